The van der Waals surface area contributed by atoms with Gasteiger partial charge in [0.1, 0.15) is 11.8 Å². The topological polar surface area (TPSA) is 90.2 Å². The minimum Gasteiger partial charge on any atom is -0.508 e. The van der Waals surface area contributed by atoms with E-state index in [0.717, 1.165) is 12.0 Å². The van der Waals surface area contributed by atoms with E-state index in [1.54, 1.807) is 6.07 Å². The monoisotopic (exact) mass is 416 g/mol. The van der Waals surface area contributed by atoms with E-state index in [9.17, 15) is 23.2 Å². The third-order valence-electron chi connectivity index (χ3n) is 4.40. The number of aryl methyl sites for hydroxylation is 2. The van der Waals surface area contributed by atoms with Crippen LogP contribution >= 0.6 is 0 Å². The van der Waals surface area contributed by atoms with Crippen molar-refractivity contribution >= 4 is 16.1 Å². The molecule has 0 aliphatic rings. The number of nitrogens with one attached hydrogen (secondary N) is 1. The van der Waals surface area contributed by atoms with Crippen molar-refractivity contribution in [2.45, 2.75) is 38.8 Å². The van der Waals surface area contributed by atoms with E-state index >= 15 is 0 Å². The molecule has 2 aromatic carbocycles. The summed E-state index contributed by atoms with van der Waals surface area (Å²) in [5, 5.41) is 19.1. The Bertz CT molecular complexity index is 981. The Morgan fingerprint density at radius 2 is 1.97 bits per heavy atom. The normalized spacial score (nSPS) is 13.1. The molecular formula is C22H25FN2O3S. The van der Waals surface area contributed by atoms with Crippen molar-refractivity contribution in [1.82, 2.24) is 4.72 Å². The number of benzene rings is 2. The zero-order valence-corrected chi connectivity index (χ0v) is 17.1. The summed E-state index contributed by atoms with van der Waals surface area (Å²) in [6.45, 7) is 1.64. The first-order valence-corrected chi connectivity index (χ1v) is 10.9. The van der Waals surface area contributed by atoms with Crippen molar-refractivity contribution < 1.29 is 17.9 Å². The first-order valence-electron chi connectivity index (χ1n) is 9.43. The van der Waals surface area contributed by atoms with E-state index in [0.29, 0.717) is 24.0 Å². The van der Waals surface area contributed by atoms with E-state index in [1.165, 1.54) is 31.2 Å². The van der Waals surface area contributed by atoms with Crippen LogP contribution in [-0.4, -0.2) is 26.2 Å². The van der Waals surface area contributed by atoms with Crippen LogP contribution in [0.2, 0.25) is 0 Å². The molecule has 2 N–H and O–H groups in total. The van der Waals surface area contributed by atoms with E-state index in [4.69, 9.17) is 0 Å². The summed E-state index contributed by atoms with van der Waals surface area (Å²) >= 11 is 0. The van der Waals surface area contributed by atoms with E-state index in [2.05, 4.69) is 4.72 Å². The molecule has 0 fully saturated rings. The Labute approximate surface area is 171 Å². The number of nitrogens with zero attached hydrogens (tertiary/aromatic N) is 1. The Morgan fingerprint density at radius 1 is 1.24 bits per heavy atom. The fraction of sp³-hybridized carbons (Fsp3) is 0.318. The number of aromatic hydroxyl groups is 1. The molecule has 0 aromatic heterocycles. The fourth-order valence-corrected chi connectivity index (χ4v) is 3.81. The molecule has 0 radical (unpaired) electrons. The Hall–Kier alpha value is -2.69. The van der Waals surface area contributed by atoms with Crippen molar-refractivity contribution in [2.75, 3.05) is 6.54 Å². The number of alkyl halides is 1. The Morgan fingerprint density at radius 3 is 2.62 bits per heavy atom. The van der Waals surface area contributed by atoms with Gasteiger partial charge >= 0.3 is 0 Å². The van der Waals surface area contributed by atoms with Crippen LogP contribution in [-0.2, 0) is 22.9 Å². The smallest absolute Gasteiger partial charge is 0.250 e. The van der Waals surface area contributed by atoms with Crippen LogP contribution in [0.5, 0.6) is 5.75 Å². The number of hydrogen-bond donors (Lipinski definition) is 2. The number of phenols is 1. The second-order valence-corrected chi connectivity index (χ2v) is 8.55. The number of phenolic OH excluding ortho intramolecular Hbond substituents is 1. The summed E-state index contributed by atoms with van der Waals surface area (Å²) in [4.78, 5) is -0.419. The highest BCUT2D eigenvalue weighted by Gasteiger charge is 2.18. The van der Waals surface area contributed by atoms with Gasteiger partial charge in [-0.15, -0.1) is 0 Å². The van der Waals surface area contributed by atoms with Gasteiger partial charge in [-0.05, 0) is 67.5 Å². The summed E-state index contributed by atoms with van der Waals surface area (Å²) in [6, 6.07) is 15.8. The molecule has 0 saturated carbocycles. The van der Waals surface area contributed by atoms with Crippen LogP contribution in [0.15, 0.2) is 53.4 Å². The first kappa shape index (κ1) is 22.6. The second-order valence-electron chi connectivity index (χ2n) is 6.81. The van der Waals surface area contributed by atoms with Crippen molar-refractivity contribution in [3.05, 3.63) is 70.1 Å². The lowest BCUT2D eigenvalue weighted by Gasteiger charge is -2.10. The fourth-order valence-electron chi connectivity index (χ4n) is 2.84. The van der Waals surface area contributed by atoms with Gasteiger partial charge in [-0.1, -0.05) is 36.4 Å². The molecule has 2 aromatic rings. The highest BCUT2D eigenvalue weighted by molar-refractivity contribution is 7.93. The lowest BCUT2D eigenvalue weighted by molar-refractivity contribution is 0.341. The molecule has 0 amide bonds. The van der Waals surface area contributed by atoms with E-state index in [1.807, 2.05) is 30.3 Å². The van der Waals surface area contributed by atoms with Gasteiger partial charge in [-0.2, -0.15) is 5.26 Å². The predicted molar refractivity (Wildman–Crippen MR) is 112 cm³/mol. The van der Waals surface area contributed by atoms with Gasteiger partial charge in [-0.25, -0.2) is 17.5 Å². The molecule has 0 aliphatic carbocycles. The van der Waals surface area contributed by atoms with Crippen LogP contribution in [0.1, 0.15) is 36.5 Å². The van der Waals surface area contributed by atoms with Gasteiger partial charge < -0.3 is 5.11 Å². The molecular weight excluding hydrogens is 391 g/mol. The molecule has 0 spiro atoms. The quantitative estimate of drug-likeness (QED) is 0.451. The summed E-state index contributed by atoms with van der Waals surface area (Å²) in [5.74, 6) is 0.00376. The molecule has 7 heteroatoms. The number of nitriles is 1. The molecule has 1 atom stereocenters. The highest BCUT2D eigenvalue weighted by atomic mass is 32.2. The summed E-state index contributed by atoms with van der Waals surface area (Å²) in [6.07, 6.45) is 2.11. The van der Waals surface area contributed by atoms with Crippen molar-refractivity contribution in [3.8, 4) is 11.8 Å². The molecule has 0 bridgehead atoms. The van der Waals surface area contributed by atoms with E-state index < -0.39 is 21.1 Å². The lowest BCUT2D eigenvalue weighted by atomic mass is 10.0. The number of sulfonamides is 1. The minimum absolute atomic E-state index is 0.00376. The summed E-state index contributed by atoms with van der Waals surface area (Å²) in [5.41, 5.74) is 2.16. The largest absolute Gasteiger partial charge is 0.508 e. The van der Waals surface area contributed by atoms with Crippen molar-refractivity contribution in [3.63, 3.8) is 0 Å². The maximum absolute atomic E-state index is 13.2. The lowest BCUT2D eigenvalue weighted by Crippen LogP contribution is -2.26. The third-order valence-corrected chi connectivity index (χ3v) is 5.77. The van der Waals surface area contributed by atoms with Gasteiger partial charge in [0.05, 0.1) is 6.17 Å². The maximum atomic E-state index is 13.2. The van der Waals surface area contributed by atoms with Crippen LogP contribution in [0.25, 0.3) is 6.08 Å². The van der Waals surface area contributed by atoms with Crippen molar-refractivity contribution in [1.29, 1.82) is 5.26 Å². The average molecular weight is 417 g/mol. The highest BCUT2D eigenvalue weighted by Crippen LogP contribution is 2.22. The first-order chi connectivity index (χ1) is 13.8. The van der Waals surface area contributed by atoms with Gasteiger partial charge in [0.15, 0.2) is 4.91 Å². The molecule has 29 heavy (non-hydrogen) atoms. The number of hydrogen-bond acceptors (Lipinski definition) is 4. The molecule has 0 aliphatic heterocycles. The standard InChI is InChI=1S/C22H25FN2O3S/c1-17(23)9-10-19-14-21(26)12-11-20(19)15-22(16-24)29(27,28)25-13-5-8-18-6-3-2-4-7-18/h2-4,6-7,11-12,14-15,17,25-26H,5,8-10,13H2,1H3. The number of rotatable bonds is 10. The van der Waals surface area contributed by atoms with Crippen LogP contribution in [0, 0.1) is 11.3 Å². The van der Waals surface area contributed by atoms with E-state index in [-0.39, 0.29) is 18.7 Å². The van der Waals surface area contributed by atoms with Gasteiger partial charge in [-0.3, -0.25) is 0 Å². The number of halogens is 1. The zero-order valence-electron chi connectivity index (χ0n) is 16.3. The average Bonchev–Trinajstić information content (AvgIpc) is 2.69. The third kappa shape index (κ3) is 7.33. The molecule has 1 unspecified atom stereocenters. The van der Waals surface area contributed by atoms with Gasteiger partial charge in [0, 0.05) is 6.54 Å². The second kappa shape index (κ2) is 10.7. The molecule has 154 valence electrons. The molecule has 0 saturated heterocycles. The predicted octanol–water partition coefficient (Wildman–Crippen LogP) is 4.10. The molecule has 2 rings (SSSR count). The molecule has 0 heterocycles. The zero-order chi connectivity index (χ0) is 21.3. The number of allylic oxidation sites excluding steroid dienone is 1. The summed E-state index contributed by atoms with van der Waals surface area (Å²) < 4.78 is 40.7. The van der Waals surface area contributed by atoms with Crippen LogP contribution < -0.4 is 4.72 Å². The van der Waals surface area contributed by atoms with Gasteiger partial charge in [0.2, 0.25) is 0 Å². The van der Waals surface area contributed by atoms with Gasteiger partial charge in [0.25, 0.3) is 10.0 Å². The summed E-state index contributed by atoms with van der Waals surface area (Å²) in [7, 11) is -3.97. The minimum atomic E-state index is -3.97. The van der Waals surface area contributed by atoms with Crippen LogP contribution in [0.3, 0.4) is 0 Å². The Balaban J connectivity index is 2.10. The van der Waals surface area contributed by atoms with Crippen LogP contribution in [0.4, 0.5) is 4.39 Å². The SMILES string of the molecule is CC(F)CCc1cc(O)ccc1C=C(C#N)S(=O)(=O)NCCCc1ccccc1. The van der Waals surface area contributed by atoms with Crippen molar-refractivity contribution in [2.24, 2.45) is 0 Å². The Kier molecular flexibility index (Phi) is 8.37. The maximum Gasteiger partial charge on any atom is 0.250 e. The molecule has 5 nitrogen and oxygen atoms in total.